The Morgan fingerprint density at radius 1 is 1.47 bits per heavy atom. The van der Waals surface area contributed by atoms with E-state index in [0.717, 1.165) is 24.2 Å². The predicted molar refractivity (Wildman–Crippen MR) is 71.0 cm³/mol. The quantitative estimate of drug-likeness (QED) is 0.471. The second-order valence-electron chi connectivity index (χ2n) is 4.24. The Balaban J connectivity index is 1.90. The number of aryl methyl sites for hydroxylation is 2. The number of hydrogen-bond acceptors (Lipinski definition) is 5. The number of nitro benzene ring substituents is 1. The number of aromatic amines is 1. The maximum absolute atomic E-state index is 10.9. The Hall–Kier alpha value is -2.44. The molecule has 7 heteroatoms. The molecule has 0 saturated carbocycles. The second-order valence-corrected chi connectivity index (χ2v) is 4.24. The van der Waals surface area contributed by atoms with Crippen LogP contribution in [0.3, 0.4) is 0 Å². The van der Waals surface area contributed by atoms with Crippen molar-refractivity contribution in [2.24, 2.45) is 0 Å². The van der Waals surface area contributed by atoms with Crippen molar-refractivity contribution in [2.45, 2.75) is 19.8 Å². The van der Waals surface area contributed by atoms with Gasteiger partial charge in [-0.15, -0.1) is 0 Å². The Labute approximate surface area is 110 Å². The molecule has 0 radical (unpaired) electrons. The number of nitrogens with zero attached hydrogens (tertiary/aromatic N) is 3. The third kappa shape index (κ3) is 3.51. The lowest BCUT2D eigenvalue weighted by atomic mass is 10.2. The van der Waals surface area contributed by atoms with Gasteiger partial charge in [0.25, 0.3) is 5.69 Å². The van der Waals surface area contributed by atoms with Crippen molar-refractivity contribution in [1.29, 1.82) is 0 Å². The molecule has 2 rings (SSSR count). The molecule has 2 aromatic rings. The van der Waals surface area contributed by atoms with Gasteiger partial charge in [-0.05, 0) is 25.0 Å². The van der Waals surface area contributed by atoms with Crippen molar-refractivity contribution in [3.63, 3.8) is 0 Å². The van der Waals surface area contributed by atoms with Crippen molar-refractivity contribution in [1.82, 2.24) is 15.2 Å². The van der Waals surface area contributed by atoms with Crippen LogP contribution in [0.2, 0.25) is 0 Å². The molecule has 100 valence electrons. The summed E-state index contributed by atoms with van der Waals surface area (Å²) in [7, 11) is 0. The van der Waals surface area contributed by atoms with Crippen LogP contribution in [0, 0.1) is 17.0 Å². The van der Waals surface area contributed by atoms with Crippen LogP contribution in [-0.4, -0.2) is 26.6 Å². The number of nitrogens with one attached hydrogen (secondary N) is 2. The van der Waals surface area contributed by atoms with Gasteiger partial charge in [0.2, 0.25) is 0 Å². The Morgan fingerprint density at radius 2 is 2.32 bits per heavy atom. The first-order valence-corrected chi connectivity index (χ1v) is 6.00. The van der Waals surface area contributed by atoms with E-state index >= 15 is 0 Å². The van der Waals surface area contributed by atoms with Crippen molar-refractivity contribution < 1.29 is 4.92 Å². The highest BCUT2D eigenvalue weighted by Gasteiger charge is 2.12. The van der Waals surface area contributed by atoms with Gasteiger partial charge in [-0.1, -0.05) is 6.07 Å². The number of anilines is 1. The number of nitro groups is 1. The lowest BCUT2D eigenvalue weighted by molar-refractivity contribution is -0.384. The molecule has 0 atom stereocenters. The van der Waals surface area contributed by atoms with Crippen LogP contribution < -0.4 is 5.32 Å². The van der Waals surface area contributed by atoms with E-state index in [4.69, 9.17) is 0 Å². The van der Waals surface area contributed by atoms with E-state index in [0.29, 0.717) is 12.2 Å². The molecule has 0 spiro atoms. The van der Waals surface area contributed by atoms with Crippen molar-refractivity contribution in [2.75, 3.05) is 11.9 Å². The second kappa shape index (κ2) is 5.94. The Kier molecular flexibility index (Phi) is 4.07. The molecule has 1 aromatic heterocycles. The molecule has 0 bridgehead atoms. The van der Waals surface area contributed by atoms with Gasteiger partial charge in [-0.3, -0.25) is 15.2 Å². The van der Waals surface area contributed by atoms with Crippen LogP contribution in [0.4, 0.5) is 11.4 Å². The fourth-order valence-corrected chi connectivity index (χ4v) is 1.77. The van der Waals surface area contributed by atoms with Gasteiger partial charge in [-0.2, -0.15) is 5.10 Å². The summed E-state index contributed by atoms with van der Waals surface area (Å²) in [6, 6.07) is 5.16. The van der Waals surface area contributed by atoms with Crippen LogP contribution in [0.25, 0.3) is 0 Å². The van der Waals surface area contributed by atoms with Crippen LogP contribution in [0.15, 0.2) is 24.5 Å². The molecule has 7 nitrogen and oxygen atoms in total. The maximum atomic E-state index is 10.9. The van der Waals surface area contributed by atoms with Gasteiger partial charge in [-0.25, -0.2) is 4.98 Å². The number of benzene rings is 1. The van der Waals surface area contributed by atoms with E-state index in [2.05, 4.69) is 20.5 Å². The number of rotatable bonds is 6. The van der Waals surface area contributed by atoms with Gasteiger partial charge < -0.3 is 5.32 Å². The Bertz CT molecular complexity index is 553. The van der Waals surface area contributed by atoms with Gasteiger partial charge >= 0.3 is 0 Å². The standard InChI is InChI=1S/C12H15N5O2/c1-9-4-5-10(11(7-9)17(18)19)13-6-2-3-12-14-8-15-16-12/h4-5,7-8,13H,2-3,6H2,1H3,(H,14,15,16). The first-order valence-electron chi connectivity index (χ1n) is 6.00. The Morgan fingerprint density at radius 3 is 3.00 bits per heavy atom. The minimum atomic E-state index is -0.369. The number of hydrogen-bond donors (Lipinski definition) is 2. The number of H-pyrrole nitrogens is 1. The van der Waals surface area contributed by atoms with Gasteiger partial charge in [0.1, 0.15) is 17.8 Å². The minimum Gasteiger partial charge on any atom is -0.379 e. The van der Waals surface area contributed by atoms with Gasteiger partial charge in [0.15, 0.2) is 0 Å². The average Bonchev–Trinajstić information content (AvgIpc) is 2.89. The molecular formula is C12H15N5O2. The highest BCUT2D eigenvalue weighted by molar-refractivity contribution is 5.62. The summed E-state index contributed by atoms with van der Waals surface area (Å²) in [6.07, 6.45) is 3.04. The first kappa shape index (κ1) is 13.0. The smallest absolute Gasteiger partial charge is 0.292 e. The third-order valence-electron chi connectivity index (χ3n) is 2.72. The molecular weight excluding hydrogens is 246 g/mol. The summed E-state index contributed by atoms with van der Waals surface area (Å²) in [4.78, 5) is 14.6. The molecule has 1 aromatic carbocycles. The fourth-order valence-electron chi connectivity index (χ4n) is 1.77. The van der Waals surface area contributed by atoms with E-state index in [1.54, 1.807) is 12.1 Å². The monoisotopic (exact) mass is 261 g/mol. The zero-order chi connectivity index (χ0) is 13.7. The topological polar surface area (TPSA) is 96.7 Å². The largest absolute Gasteiger partial charge is 0.379 e. The van der Waals surface area contributed by atoms with E-state index in [-0.39, 0.29) is 10.6 Å². The summed E-state index contributed by atoms with van der Waals surface area (Å²) in [5.41, 5.74) is 1.53. The molecule has 0 amide bonds. The van der Waals surface area contributed by atoms with Crippen molar-refractivity contribution in [3.05, 3.63) is 46.0 Å². The van der Waals surface area contributed by atoms with Gasteiger partial charge in [0.05, 0.1) is 4.92 Å². The molecule has 0 aliphatic heterocycles. The molecule has 0 saturated heterocycles. The highest BCUT2D eigenvalue weighted by Crippen LogP contribution is 2.25. The van der Waals surface area contributed by atoms with E-state index < -0.39 is 0 Å². The summed E-state index contributed by atoms with van der Waals surface area (Å²) in [5.74, 6) is 0.820. The van der Waals surface area contributed by atoms with E-state index in [9.17, 15) is 10.1 Å². The molecule has 0 unspecified atom stereocenters. The normalized spacial score (nSPS) is 10.4. The van der Waals surface area contributed by atoms with Crippen LogP contribution in [0.5, 0.6) is 0 Å². The fraction of sp³-hybridized carbons (Fsp3) is 0.333. The van der Waals surface area contributed by atoms with E-state index in [1.807, 2.05) is 13.0 Å². The predicted octanol–water partition coefficient (Wildman–Crippen LogP) is 2.07. The van der Waals surface area contributed by atoms with Crippen molar-refractivity contribution in [3.8, 4) is 0 Å². The summed E-state index contributed by atoms with van der Waals surface area (Å²) >= 11 is 0. The summed E-state index contributed by atoms with van der Waals surface area (Å²) in [6.45, 7) is 2.48. The van der Waals surface area contributed by atoms with Crippen LogP contribution in [0.1, 0.15) is 17.8 Å². The van der Waals surface area contributed by atoms with Crippen LogP contribution in [-0.2, 0) is 6.42 Å². The third-order valence-corrected chi connectivity index (χ3v) is 2.72. The van der Waals surface area contributed by atoms with Crippen molar-refractivity contribution >= 4 is 11.4 Å². The number of aromatic nitrogens is 3. The van der Waals surface area contributed by atoms with Gasteiger partial charge in [0, 0.05) is 19.0 Å². The maximum Gasteiger partial charge on any atom is 0.292 e. The first-order chi connectivity index (χ1) is 9.16. The zero-order valence-electron chi connectivity index (χ0n) is 10.6. The SMILES string of the molecule is Cc1ccc(NCCCc2ncn[nH]2)c([N+](=O)[O-])c1. The molecule has 1 heterocycles. The molecule has 0 fully saturated rings. The van der Waals surface area contributed by atoms with Crippen LogP contribution >= 0.6 is 0 Å². The lowest BCUT2D eigenvalue weighted by Crippen LogP contribution is -2.06. The highest BCUT2D eigenvalue weighted by atomic mass is 16.6. The molecule has 2 N–H and O–H groups in total. The van der Waals surface area contributed by atoms with E-state index in [1.165, 1.54) is 6.33 Å². The minimum absolute atomic E-state index is 0.111. The zero-order valence-corrected chi connectivity index (χ0v) is 10.6. The molecule has 0 aliphatic rings. The summed E-state index contributed by atoms with van der Waals surface area (Å²) in [5, 5.41) is 20.6. The lowest BCUT2D eigenvalue weighted by Gasteiger charge is -2.07. The molecule has 0 aliphatic carbocycles. The molecule has 19 heavy (non-hydrogen) atoms. The average molecular weight is 261 g/mol. The summed E-state index contributed by atoms with van der Waals surface area (Å²) < 4.78 is 0.